The van der Waals surface area contributed by atoms with E-state index in [1.807, 2.05) is 6.92 Å². The van der Waals surface area contributed by atoms with Crippen LogP contribution in [0, 0.1) is 0 Å². The summed E-state index contributed by atoms with van der Waals surface area (Å²) in [6.45, 7) is 2.85. The zero-order valence-corrected chi connectivity index (χ0v) is 5.90. The molecule has 0 aliphatic heterocycles. The third-order valence-electron chi connectivity index (χ3n) is 0.770. The molecule has 0 spiro atoms. The van der Waals surface area contributed by atoms with Crippen LogP contribution in [0.2, 0.25) is 0 Å². The first kappa shape index (κ1) is 6.28. The highest BCUT2D eigenvalue weighted by Gasteiger charge is 1.95. The predicted molar refractivity (Wildman–Crippen MR) is 38.5 cm³/mol. The van der Waals surface area contributed by atoms with Crippen LogP contribution in [0.3, 0.4) is 0 Å². The normalized spacial score (nSPS) is 9.44. The number of hydrogen-bond donors (Lipinski definition) is 2. The molecule has 0 saturated carbocycles. The Hall–Kier alpha value is -0.840. The Morgan fingerprint density at radius 1 is 1.78 bits per heavy atom. The largest absolute Gasteiger partial charge is 0.367 e. The Labute approximate surface area is 57.3 Å². The first-order valence-electron chi connectivity index (χ1n) is 2.66. The highest BCUT2D eigenvalue weighted by atomic mass is 32.1. The summed E-state index contributed by atoms with van der Waals surface area (Å²) in [5, 5.41) is 3.78. The smallest absolute Gasteiger partial charge is 0.233 e. The number of hydrogen-bond acceptors (Lipinski definition) is 5. The topological polar surface area (TPSA) is 63.8 Å². The van der Waals surface area contributed by atoms with Crippen LogP contribution < -0.4 is 11.1 Å². The lowest BCUT2D eigenvalue weighted by atomic mass is 10.8. The van der Waals surface area contributed by atoms with Gasteiger partial charge in [0, 0.05) is 18.1 Å². The maximum atomic E-state index is 5.26. The van der Waals surface area contributed by atoms with Crippen LogP contribution in [-0.2, 0) is 0 Å². The number of nitrogen functional groups attached to an aromatic ring is 1. The minimum Gasteiger partial charge on any atom is -0.367 e. The lowest BCUT2D eigenvalue weighted by Gasteiger charge is -1.90. The SMILES string of the molecule is CCNc1nc(N)ns1. The summed E-state index contributed by atoms with van der Waals surface area (Å²) < 4.78 is 3.78. The van der Waals surface area contributed by atoms with Gasteiger partial charge >= 0.3 is 0 Å². The minimum atomic E-state index is 0.343. The van der Waals surface area contributed by atoms with E-state index in [9.17, 15) is 0 Å². The standard InChI is InChI=1S/C4H8N4S/c1-2-6-4-7-3(5)8-9-4/h2H2,1H3,(H3,5,6,7,8). The molecule has 4 nitrogen and oxygen atoms in total. The Kier molecular flexibility index (Phi) is 1.84. The predicted octanol–water partition coefficient (Wildman–Crippen LogP) is 0.552. The second-order valence-electron chi connectivity index (χ2n) is 1.49. The van der Waals surface area contributed by atoms with Crippen LogP contribution in [0.25, 0.3) is 0 Å². The van der Waals surface area contributed by atoms with Gasteiger partial charge < -0.3 is 11.1 Å². The number of nitrogens with two attached hydrogens (primary N) is 1. The summed E-state index contributed by atoms with van der Waals surface area (Å²) in [5.41, 5.74) is 5.26. The molecule has 1 heterocycles. The van der Waals surface area contributed by atoms with Crippen LogP contribution in [0.15, 0.2) is 0 Å². The second kappa shape index (κ2) is 2.63. The number of aromatic nitrogens is 2. The summed E-state index contributed by atoms with van der Waals surface area (Å²) in [7, 11) is 0. The van der Waals surface area contributed by atoms with Crippen LogP contribution in [0.4, 0.5) is 11.1 Å². The van der Waals surface area contributed by atoms with Crippen molar-refractivity contribution >= 4 is 22.6 Å². The lowest BCUT2D eigenvalue weighted by Crippen LogP contribution is -1.95. The number of nitrogens with one attached hydrogen (secondary N) is 1. The molecule has 0 amide bonds. The van der Waals surface area contributed by atoms with Crippen LogP contribution in [-0.4, -0.2) is 15.9 Å². The van der Waals surface area contributed by atoms with Crippen molar-refractivity contribution in [1.29, 1.82) is 0 Å². The van der Waals surface area contributed by atoms with E-state index in [0.717, 1.165) is 11.7 Å². The fraction of sp³-hybridized carbons (Fsp3) is 0.500. The summed E-state index contributed by atoms with van der Waals surface area (Å²) >= 11 is 1.28. The molecule has 50 valence electrons. The molecule has 0 unspecified atom stereocenters. The molecular formula is C4H8N4S. The van der Waals surface area contributed by atoms with Gasteiger partial charge in [0.1, 0.15) is 0 Å². The Morgan fingerprint density at radius 2 is 2.56 bits per heavy atom. The van der Waals surface area contributed by atoms with E-state index in [1.165, 1.54) is 11.5 Å². The molecule has 0 radical (unpaired) electrons. The lowest BCUT2D eigenvalue weighted by molar-refractivity contribution is 1.19. The van der Waals surface area contributed by atoms with E-state index in [0.29, 0.717) is 5.95 Å². The van der Waals surface area contributed by atoms with Crippen molar-refractivity contribution in [3.8, 4) is 0 Å². The third-order valence-corrected chi connectivity index (χ3v) is 1.46. The molecular weight excluding hydrogens is 136 g/mol. The Morgan fingerprint density at radius 3 is 3.00 bits per heavy atom. The molecule has 3 N–H and O–H groups in total. The van der Waals surface area contributed by atoms with E-state index in [4.69, 9.17) is 5.73 Å². The van der Waals surface area contributed by atoms with Gasteiger partial charge in [-0.05, 0) is 6.92 Å². The average molecular weight is 144 g/mol. The van der Waals surface area contributed by atoms with Crippen molar-refractivity contribution in [2.24, 2.45) is 0 Å². The van der Waals surface area contributed by atoms with E-state index in [2.05, 4.69) is 14.7 Å². The van der Waals surface area contributed by atoms with Crippen LogP contribution in [0.5, 0.6) is 0 Å². The molecule has 0 saturated heterocycles. The minimum absolute atomic E-state index is 0.343. The third kappa shape index (κ3) is 1.53. The summed E-state index contributed by atoms with van der Waals surface area (Å²) in [6.07, 6.45) is 0. The highest BCUT2D eigenvalue weighted by molar-refractivity contribution is 7.09. The average Bonchev–Trinajstić information content (AvgIpc) is 2.17. The molecule has 0 aliphatic carbocycles. The molecule has 1 aromatic rings. The van der Waals surface area contributed by atoms with Gasteiger partial charge in [-0.2, -0.15) is 9.36 Å². The van der Waals surface area contributed by atoms with Crippen LogP contribution in [0.1, 0.15) is 6.92 Å². The Balaban J connectivity index is 2.61. The zero-order valence-electron chi connectivity index (χ0n) is 5.09. The molecule has 0 atom stereocenters. The number of rotatable bonds is 2. The van der Waals surface area contributed by atoms with Crippen LogP contribution >= 0.6 is 11.5 Å². The van der Waals surface area contributed by atoms with Gasteiger partial charge in [0.05, 0.1) is 0 Å². The van der Waals surface area contributed by atoms with Gasteiger partial charge in [-0.25, -0.2) is 0 Å². The van der Waals surface area contributed by atoms with Gasteiger partial charge in [-0.3, -0.25) is 0 Å². The molecule has 0 aliphatic rings. The number of nitrogens with zero attached hydrogens (tertiary/aromatic N) is 2. The monoisotopic (exact) mass is 144 g/mol. The fourth-order valence-corrected chi connectivity index (χ4v) is 1.02. The molecule has 9 heavy (non-hydrogen) atoms. The maximum absolute atomic E-state index is 5.26. The van der Waals surface area contributed by atoms with Crippen molar-refractivity contribution in [2.75, 3.05) is 17.6 Å². The second-order valence-corrected chi connectivity index (χ2v) is 2.24. The fourth-order valence-electron chi connectivity index (χ4n) is 0.458. The summed E-state index contributed by atoms with van der Waals surface area (Å²) in [5.74, 6) is 0.343. The molecule has 0 bridgehead atoms. The van der Waals surface area contributed by atoms with E-state index in [1.54, 1.807) is 0 Å². The molecule has 0 aromatic carbocycles. The van der Waals surface area contributed by atoms with Gasteiger partial charge in [0.15, 0.2) is 0 Å². The number of anilines is 2. The van der Waals surface area contributed by atoms with Gasteiger partial charge in [-0.15, -0.1) is 0 Å². The molecule has 1 aromatic heterocycles. The van der Waals surface area contributed by atoms with Crippen molar-refractivity contribution in [3.63, 3.8) is 0 Å². The van der Waals surface area contributed by atoms with Crippen molar-refractivity contribution in [3.05, 3.63) is 0 Å². The van der Waals surface area contributed by atoms with Crippen molar-refractivity contribution in [1.82, 2.24) is 9.36 Å². The molecule has 0 fully saturated rings. The summed E-state index contributed by atoms with van der Waals surface area (Å²) in [4.78, 5) is 3.87. The zero-order chi connectivity index (χ0) is 6.69. The van der Waals surface area contributed by atoms with Gasteiger partial charge in [-0.1, -0.05) is 0 Å². The maximum Gasteiger partial charge on any atom is 0.233 e. The quantitative estimate of drug-likeness (QED) is 0.636. The molecule has 5 heteroatoms. The van der Waals surface area contributed by atoms with E-state index < -0.39 is 0 Å². The molecule has 1 rings (SSSR count). The van der Waals surface area contributed by atoms with Gasteiger partial charge in [0.2, 0.25) is 11.1 Å². The first-order valence-corrected chi connectivity index (χ1v) is 3.43. The van der Waals surface area contributed by atoms with E-state index in [-0.39, 0.29) is 0 Å². The Bertz CT molecular complexity index is 184. The first-order chi connectivity index (χ1) is 4.33. The van der Waals surface area contributed by atoms with Gasteiger partial charge in [0.25, 0.3) is 0 Å². The highest BCUT2D eigenvalue weighted by Crippen LogP contribution is 2.10. The van der Waals surface area contributed by atoms with Crippen molar-refractivity contribution < 1.29 is 0 Å². The van der Waals surface area contributed by atoms with E-state index >= 15 is 0 Å². The summed E-state index contributed by atoms with van der Waals surface area (Å²) in [6, 6.07) is 0. The van der Waals surface area contributed by atoms with Crippen molar-refractivity contribution in [2.45, 2.75) is 6.92 Å².